The number of anilines is 6. The summed E-state index contributed by atoms with van der Waals surface area (Å²) in [6.07, 6.45) is 0. The highest BCUT2D eigenvalue weighted by molar-refractivity contribution is 7.26. The maximum absolute atomic E-state index is 4.80. The van der Waals surface area contributed by atoms with E-state index in [0.29, 0.717) is 11.8 Å². The molecule has 1 aromatic heterocycles. The van der Waals surface area contributed by atoms with Gasteiger partial charge in [0.25, 0.3) is 0 Å². The fourth-order valence-corrected chi connectivity index (χ4v) is 12.7. The molecule has 0 atom stereocenters. The smallest absolute Gasteiger partial charge is 0.0640 e. The molecule has 0 N–H and O–H groups in total. The summed E-state index contributed by atoms with van der Waals surface area (Å²) >= 11 is 1.90. The lowest BCUT2D eigenvalue weighted by molar-refractivity contribution is 0.866. The molecule has 11 aromatic rings. The van der Waals surface area contributed by atoms with Gasteiger partial charge in [-0.1, -0.05) is 177 Å². The van der Waals surface area contributed by atoms with E-state index >= 15 is 0 Å². The predicted octanol–water partition coefficient (Wildman–Crippen LogP) is 20.4. The van der Waals surface area contributed by atoms with Crippen molar-refractivity contribution in [3.63, 3.8) is 0 Å². The maximum atomic E-state index is 4.80. The van der Waals surface area contributed by atoms with Gasteiger partial charge in [0.1, 0.15) is 0 Å². The van der Waals surface area contributed by atoms with E-state index < -0.39 is 0 Å². The molecule has 0 spiro atoms. The number of benzene rings is 10. The van der Waals surface area contributed by atoms with Crippen LogP contribution in [0.25, 0.3) is 69.2 Å². The third kappa shape index (κ3) is 6.73. The van der Waals surface area contributed by atoms with E-state index in [9.17, 15) is 0 Å². The largest absolute Gasteiger partial charge is 0.309 e. The molecule has 0 saturated heterocycles. The Morgan fingerprint density at radius 2 is 0.841 bits per heavy atom. The summed E-state index contributed by atoms with van der Waals surface area (Å²) in [5.74, 6) is 1.40. The van der Waals surface area contributed by atoms with E-state index in [1.807, 2.05) is 11.3 Å². The first-order chi connectivity index (χ1) is 33.5. The number of thiophene rings is 1. The molecule has 0 bridgehead atoms. The highest BCUT2D eigenvalue weighted by atomic mass is 32.1. The second kappa shape index (κ2) is 16.5. The van der Waals surface area contributed by atoms with E-state index in [2.05, 4.69) is 235 Å². The van der Waals surface area contributed by atoms with Gasteiger partial charge in [-0.3, -0.25) is 0 Å². The summed E-state index contributed by atoms with van der Waals surface area (Å²) < 4.78 is 2.60. The molecule has 0 saturated carbocycles. The van der Waals surface area contributed by atoms with Crippen molar-refractivity contribution >= 4 is 104 Å². The molecule has 1 heterocycles. The standard InChI is InChI=1S/C66H58N2S/c1-38(2)43-24-28-45(29-25-43)67(58-21-14-19-50-48-17-11-10-16-47(48)42(9)63(50)58)60-36-56(40(5)6)51-33-35-55-61(37-57(41(7)8)52-32-34-54(60)64(51)65(52)55)68(46-30-26-44(27-31-46)39(3)4)59-22-15-20-53-49-18-12-13-23-62(49)69-66(53)59/h10-41H,9H2,1-8H3. The van der Waals surface area contributed by atoms with E-state index in [1.54, 1.807) is 0 Å². The van der Waals surface area contributed by atoms with Crippen molar-refractivity contribution in [2.75, 3.05) is 9.80 Å². The molecule has 2 nitrogen and oxygen atoms in total. The number of hydrogen-bond donors (Lipinski definition) is 0. The van der Waals surface area contributed by atoms with Crippen molar-refractivity contribution in [3.05, 3.63) is 210 Å². The number of hydrogen-bond acceptors (Lipinski definition) is 3. The van der Waals surface area contributed by atoms with Gasteiger partial charge in [0.05, 0.1) is 27.4 Å². The Labute approximate surface area is 411 Å². The molecule has 12 rings (SSSR count). The Kier molecular flexibility index (Phi) is 10.3. The second-order valence-electron chi connectivity index (χ2n) is 20.5. The summed E-state index contributed by atoms with van der Waals surface area (Å²) in [4.78, 5) is 5.12. The van der Waals surface area contributed by atoms with Gasteiger partial charge in [-0.15, -0.1) is 11.3 Å². The van der Waals surface area contributed by atoms with E-state index in [0.717, 1.165) is 22.6 Å². The normalized spacial score (nSPS) is 12.6. The van der Waals surface area contributed by atoms with Crippen LogP contribution < -0.4 is 9.80 Å². The van der Waals surface area contributed by atoms with Crippen LogP contribution in [-0.2, 0) is 0 Å². The van der Waals surface area contributed by atoms with Crippen molar-refractivity contribution in [3.8, 4) is 11.1 Å². The first-order valence-corrected chi connectivity index (χ1v) is 25.7. The van der Waals surface area contributed by atoms with Crippen LogP contribution in [0.2, 0.25) is 0 Å². The minimum Gasteiger partial charge on any atom is -0.309 e. The Bertz CT molecular complexity index is 3810. The van der Waals surface area contributed by atoms with E-state index in [-0.39, 0.29) is 11.8 Å². The number of fused-ring (bicyclic) bond motifs is 6. The lowest BCUT2D eigenvalue weighted by atomic mass is 9.84. The van der Waals surface area contributed by atoms with Gasteiger partial charge >= 0.3 is 0 Å². The maximum Gasteiger partial charge on any atom is 0.0640 e. The van der Waals surface area contributed by atoms with Crippen LogP contribution in [0.3, 0.4) is 0 Å². The SMILES string of the molecule is C=C1c2ccccc2-c2cccc(N(c3ccc(C(C)C)cc3)c3cc(C(C)C)c4ccc5c(N(c6ccc(C(C)C)cc6)c6cccc7c6sc6ccccc67)cc(C(C)C)c6ccc3c4c65)c21. The third-order valence-corrected chi connectivity index (χ3v) is 16.2. The first-order valence-electron chi connectivity index (χ1n) is 24.9. The summed E-state index contributed by atoms with van der Waals surface area (Å²) in [6, 6.07) is 64.7. The predicted molar refractivity (Wildman–Crippen MR) is 302 cm³/mol. The summed E-state index contributed by atoms with van der Waals surface area (Å²) in [7, 11) is 0. The molecular weight excluding hydrogens is 853 g/mol. The number of nitrogens with zero attached hydrogens (tertiary/aromatic N) is 2. The van der Waals surface area contributed by atoms with Crippen LogP contribution in [0.1, 0.15) is 112 Å². The fraction of sp³-hybridized carbons (Fsp3) is 0.182. The summed E-state index contributed by atoms with van der Waals surface area (Å²) in [6.45, 7) is 23.3. The monoisotopic (exact) mass is 910 g/mol. The van der Waals surface area contributed by atoms with Crippen molar-refractivity contribution in [2.24, 2.45) is 0 Å². The molecule has 0 fully saturated rings. The zero-order chi connectivity index (χ0) is 47.4. The van der Waals surface area contributed by atoms with Gasteiger partial charge in [-0.25, -0.2) is 0 Å². The molecule has 3 heteroatoms. The molecule has 0 unspecified atom stereocenters. The highest BCUT2D eigenvalue weighted by Gasteiger charge is 2.31. The molecule has 0 aliphatic heterocycles. The Hall–Kier alpha value is -7.20. The topological polar surface area (TPSA) is 6.48 Å². The zero-order valence-electron chi connectivity index (χ0n) is 41.0. The van der Waals surface area contributed by atoms with E-state index in [4.69, 9.17) is 6.58 Å². The van der Waals surface area contributed by atoms with Gasteiger partial charge in [0.2, 0.25) is 0 Å². The van der Waals surface area contributed by atoms with Crippen LogP contribution in [0.5, 0.6) is 0 Å². The van der Waals surface area contributed by atoms with Crippen molar-refractivity contribution < 1.29 is 0 Å². The van der Waals surface area contributed by atoms with Gasteiger partial charge in [-0.2, -0.15) is 0 Å². The van der Waals surface area contributed by atoms with Crippen molar-refractivity contribution in [2.45, 2.75) is 79.1 Å². The average molecular weight is 911 g/mol. The van der Waals surface area contributed by atoms with Crippen molar-refractivity contribution in [1.82, 2.24) is 0 Å². The molecule has 0 amide bonds. The van der Waals surface area contributed by atoms with Crippen LogP contribution in [0.15, 0.2) is 176 Å². The molecular formula is C66H58N2S. The van der Waals surface area contributed by atoms with Crippen LogP contribution >= 0.6 is 11.3 Å². The van der Waals surface area contributed by atoms with Gasteiger partial charge < -0.3 is 9.80 Å². The highest BCUT2D eigenvalue weighted by Crippen LogP contribution is 2.55. The molecule has 338 valence electrons. The zero-order valence-corrected chi connectivity index (χ0v) is 41.8. The molecule has 10 aromatic carbocycles. The molecule has 1 aliphatic carbocycles. The lowest BCUT2D eigenvalue weighted by Gasteiger charge is -2.32. The second-order valence-corrected chi connectivity index (χ2v) is 21.5. The first kappa shape index (κ1) is 43.1. The van der Waals surface area contributed by atoms with Crippen LogP contribution in [0, 0.1) is 0 Å². The van der Waals surface area contributed by atoms with Crippen LogP contribution in [0.4, 0.5) is 34.1 Å². The molecule has 1 aliphatic rings. The van der Waals surface area contributed by atoms with Gasteiger partial charge in [0.15, 0.2) is 0 Å². The fourth-order valence-electron chi connectivity index (χ4n) is 11.5. The third-order valence-electron chi connectivity index (χ3n) is 15.0. The van der Waals surface area contributed by atoms with Crippen molar-refractivity contribution in [1.29, 1.82) is 0 Å². The van der Waals surface area contributed by atoms with Gasteiger partial charge in [0, 0.05) is 43.2 Å². The quantitative estimate of drug-likeness (QED) is 0.126. The Balaban J connectivity index is 1.19. The minimum absolute atomic E-state index is 0.268. The summed E-state index contributed by atoms with van der Waals surface area (Å²) in [5.41, 5.74) is 18.4. The van der Waals surface area contributed by atoms with Gasteiger partial charge in [-0.05, 0) is 144 Å². The Morgan fingerprint density at radius 3 is 1.41 bits per heavy atom. The summed E-state index contributed by atoms with van der Waals surface area (Å²) in [5, 5.41) is 10.4. The lowest BCUT2D eigenvalue weighted by Crippen LogP contribution is -2.14. The Morgan fingerprint density at radius 1 is 0.377 bits per heavy atom. The molecule has 0 radical (unpaired) electrons. The minimum atomic E-state index is 0.268. The molecule has 69 heavy (non-hydrogen) atoms. The average Bonchev–Trinajstić information content (AvgIpc) is 3.89. The van der Waals surface area contributed by atoms with Crippen LogP contribution in [-0.4, -0.2) is 0 Å². The van der Waals surface area contributed by atoms with E-state index in [1.165, 1.54) is 114 Å². The number of rotatable bonds is 10.